The van der Waals surface area contributed by atoms with Crippen LogP contribution in [0.25, 0.3) is 0 Å². The van der Waals surface area contributed by atoms with Crippen molar-refractivity contribution in [2.75, 3.05) is 20.1 Å². The Hall–Kier alpha value is -0.570. The predicted octanol–water partition coefficient (Wildman–Crippen LogP) is 1.56. The lowest BCUT2D eigenvalue weighted by Gasteiger charge is -2.44. The van der Waals surface area contributed by atoms with Crippen LogP contribution in [-0.2, 0) is 6.42 Å². The lowest BCUT2D eigenvalue weighted by atomic mass is 9.88. The van der Waals surface area contributed by atoms with Gasteiger partial charge in [0.05, 0.1) is 5.60 Å². The summed E-state index contributed by atoms with van der Waals surface area (Å²) in [6.07, 6.45) is 0.717. The molecule has 1 N–H and O–H groups in total. The number of likely N-dealkylation sites (N-methyl/N-ethyl adjacent to an activating group) is 1. The molecule has 1 fully saturated rings. The molecular weight excluding hydrogens is 198 g/mol. The minimum absolute atomic E-state index is 0.525. The van der Waals surface area contributed by atoms with Gasteiger partial charge < -0.3 is 10.0 Å². The first-order chi connectivity index (χ1) is 6.57. The van der Waals surface area contributed by atoms with E-state index in [-0.39, 0.29) is 0 Å². The maximum Gasteiger partial charge on any atom is 0.0939 e. The van der Waals surface area contributed by atoms with Crippen molar-refractivity contribution in [3.8, 4) is 0 Å². The van der Waals surface area contributed by atoms with Crippen LogP contribution in [0, 0.1) is 0 Å². The monoisotopic (exact) mass is 211 g/mol. The van der Waals surface area contributed by atoms with Gasteiger partial charge in [-0.15, -0.1) is 0 Å². The predicted molar refractivity (Wildman–Crippen MR) is 57.6 cm³/mol. The molecule has 0 bridgehead atoms. The van der Waals surface area contributed by atoms with Crippen LogP contribution in [0.3, 0.4) is 0 Å². The van der Waals surface area contributed by atoms with Gasteiger partial charge in [0, 0.05) is 24.5 Å². The van der Waals surface area contributed by atoms with E-state index in [0.29, 0.717) is 6.42 Å². The molecule has 2 rings (SSSR count). The molecule has 1 aromatic carbocycles. The van der Waals surface area contributed by atoms with Crippen molar-refractivity contribution in [1.82, 2.24) is 4.90 Å². The van der Waals surface area contributed by atoms with Crippen LogP contribution >= 0.6 is 11.6 Å². The molecule has 0 saturated carbocycles. The number of aliphatic hydroxyl groups is 1. The molecular formula is C11H14ClNO. The van der Waals surface area contributed by atoms with Gasteiger partial charge in [-0.3, -0.25) is 0 Å². The Labute approximate surface area is 89.1 Å². The molecule has 14 heavy (non-hydrogen) atoms. The van der Waals surface area contributed by atoms with E-state index >= 15 is 0 Å². The highest BCUT2D eigenvalue weighted by molar-refractivity contribution is 6.30. The number of benzene rings is 1. The summed E-state index contributed by atoms with van der Waals surface area (Å²) < 4.78 is 0. The first kappa shape index (κ1) is 9.97. The zero-order valence-corrected chi connectivity index (χ0v) is 8.96. The van der Waals surface area contributed by atoms with Gasteiger partial charge >= 0.3 is 0 Å². The lowest BCUT2D eigenvalue weighted by Crippen LogP contribution is -2.61. The zero-order valence-electron chi connectivity index (χ0n) is 8.20. The summed E-state index contributed by atoms with van der Waals surface area (Å²) in [4.78, 5) is 2.11. The van der Waals surface area contributed by atoms with Crippen LogP contribution < -0.4 is 0 Å². The number of rotatable bonds is 2. The average Bonchev–Trinajstić information content (AvgIpc) is 2.07. The molecule has 0 radical (unpaired) electrons. The SMILES string of the molecule is CN1CC(O)(Cc2ccc(Cl)cc2)C1. The molecule has 1 aliphatic heterocycles. The number of hydrogen-bond donors (Lipinski definition) is 1. The minimum atomic E-state index is -0.525. The van der Waals surface area contributed by atoms with E-state index in [9.17, 15) is 5.11 Å². The van der Waals surface area contributed by atoms with Gasteiger partial charge in [-0.2, -0.15) is 0 Å². The van der Waals surface area contributed by atoms with Gasteiger partial charge in [0.15, 0.2) is 0 Å². The number of hydrogen-bond acceptors (Lipinski definition) is 2. The molecule has 76 valence electrons. The van der Waals surface area contributed by atoms with Crippen molar-refractivity contribution in [3.63, 3.8) is 0 Å². The number of β-amino-alcohol motifs (C(OH)–C–C–N with tert-alkyl or cyclic N) is 1. The number of halogens is 1. The van der Waals surface area contributed by atoms with E-state index in [1.807, 2.05) is 31.3 Å². The summed E-state index contributed by atoms with van der Waals surface area (Å²) in [5.41, 5.74) is 0.618. The van der Waals surface area contributed by atoms with E-state index in [2.05, 4.69) is 4.90 Å². The summed E-state index contributed by atoms with van der Waals surface area (Å²) in [6.45, 7) is 1.52. The van der Waals surface area contributed by atoms with E-state index in [1.54, 1.807) is 0 Å². The second kappa shape index (κ2) is 3.54. The van der Waals surface area contributed by atoms with Crippen LogP contribution in [0.5, 0.6) is 0 Å². The highest BCUT2D eigenvalue weighted by Gasteiger charge is 2.38. The molecule has 0 aromatic heterocycles. The van der Waals surface area contributed by atoms with Crippen molar-refractivity contribution in [2.24, 2.45) is 0 Å². The Morgan fingerprint density at radius 2 is 1.93 bits per heavy atom. The number of likely N-dealkylation sites (tertiary alicyclic amines) is 1. The third kappa shape index (κ3) is 2.08. The summed E-state index contributed by atoms with van der Waals surface area (Å²) in [5.74, 6) is 0. The van der Waals surface area contributed by atoms with Gasteiger partial charge in [-0.1, -0.05) is 23.7 Å². The molecule has 1 heterocycles. The second-order valence-corrected chi connectivity index (χ2v) is 4.64. The van der Waals surface area contributed by atoms with Gasteiger partial charge in [0.25, 0.3) is 0 Å². The van der Waals surface area contributed by atoms with E-state index in [0.717, 1.165) is 23.7 Å². The van der Waals surface area contributed by atoms with Crippen LogP contribution in [-0.4, -0.2) is 35.7 Å². The van der Waals surface area contributed by atoms with Crippen LogP contribution in [0.4, 0.5) is 0 Å². The summed E-state index contributed by atoms with van der Waals surface area (Å²) in [5, 5.41) is 10.8. The first-order valence-electron chi connectivity index (χ1n) is 4.73. The second-order valence-electron chi connectivity index (χ2n) is 4.20. The Balaban J connectivity index is 2.01. The van der Waals surface area contributed by atoms with Gasteiger partial charge in [-0.05, 0) is 24.7 Å². The van der Waals surface area contributed by atoms with Crippen molar-refractivity contribution in [3.05, 3.63) is 34.9 Å². The third-order valence-corrected chi connectivity index (χ3v) is 2.83. The first-order valence-corrected chi connectivity index (χ1v) is 5.11. The smallest absolute Gasteiger partial charge is 0.0939 e. The maximum absolute atomic E-state index is 10.0. The minimum Gasteiger partial charge on any atom is -0.387 e. The Kier molecular flexibility index (Phi) is 2.52. The van der Waals surface area contributed by atoms with E-state index in [1.165, 1.54) is 0 Å². The van der Waals surface area contributed by atoms with Gasteiger partial charge in [-0.25, -0.2) is 0 Å². The van der Waals surface area contributed by atoms with Gasteiger partial charge in [0.2, 0.25) is 0 Å². The van der Waals surface area contributed by atoms with E-state index in [4.69, 9.17) is 11.6 Å². The van der Waals surface area contributed by atoms with Crippen molar-refractivity contribution in [1.29, 1.82) is 0 Å². The summed E-state index contributed by atoms with van der Waals surface area (Å²) >= 11 is 5.78. The Morgan fingerprint density at radius 3 is 2.43 bits per heavy atom. The largest absolute Gasteiger partial charge is 0.387 e. The quantitative estimate of drug-likeness (QED) is 0.803. The molecule has 1 saturated heterocycles. The molecule has 1 aliphatic rings. The normalized spacial score (nSPS) is 20.5. The van der Waals surface area contributed by atoms with E-state index < -0.39 is 5.60 Å². The average molecular weight is 212 g/mol. The summed E-state index contributed by atoms with van der Waals surface area (Å²) in [6, 6.07) is 7.67. The molecule has 0 aliphatic carbocycles. The summed E-state index contributed by atoms with van der Waals surface area (Å²) in [7, 11) is 2.01. The molecule has 0 amide bonds. The highest BCUT2D eigenvalue weighted by Crippen LogP contribution is 2.24. The third-order valence-electron chi connectivity index (χ3n) is 2.57. The highest BCUT2D eigenvalue weighted by atomic mass is 35.5. The standard InChI is InChI=1S/C11H14ClNO/c1-13-7-11(14,8-13)6-9-2-4-10(12)5-3-9/h2-5,14H,6-8H2,1H3. The molecule has 1 aromatic rings. The van der Waals surface area contributed by atoms with Crippen molar-refractivity contribution < 1.29 is 5.11 Å². The van der Waals surface area contributed by atoms with Gasteiger partial charge in [0.1, 0.15) is 0 Å². The molecule has 2 nitrogen and oxygen atoms in total. The zero-order chi connectivity index (χ0) is 10.2. The molecule has 0 atom stereocenters. The van der Waals surface area contributed by atoms with Crippen molar-refractivity contribution in [2.45, 2.75) is 12.0 Å². The fourth-order valence-electron chi connectivity index (χ4n) is 2.05. The van der Waals surface area contributed by atoms with Crippen molar-refractivity contribution >= 4 is 11.6 Å². The van der Waals surface area contributed by atoms with Crippen LogP contribution in [0.1, 0.15) is 5.56 Å². The Morgan fingerprint density at radius 1 is 1.36 bits per heavy atom. The fourth-order valence-corrected chi connectivity index (χ4v) is 2.18. The van der Waals surface area contributed by atoms with Crippen LogP contribution in [0.15, 0.2) is 24.3 Å². The topological polar surface area (TPSA) is 23.5 Å². The lowest BCUT2D eigenvalue weighted by molar-refractivity contribution is -0.0847. The maximum atomic E-state index is 10.0. The molecule has 0 spiro atoms. The van der Waals surface area contributed by atoms with Crippen LogP contribution in [0.2, 0.25) is 5.02 Å². The molecule has 0 unspecified atom stereocenters. The number of nitrogens with zero attached hydrogens (tertiary/aromatic N) is 1. The molecule has 3 heteroatoms. The fraction of sp³-hybridized carbons (Fsp3) is 0.455. The Bertz CT molecular complexity index is 317.